The van der Waals surface area contributed by atoms with E-state index in [-0.39, 0.29) is 18.0 Å². The number of rotatable bonds is 6. The first-order valence-corrected chi connectivity index (χ1v) is 9.08. The maximum atomic E-state index is 12.0. The lowest BCUT2D eigenvalue weighted by molar-refractivity contribution is -0.133. The highest BCUT2D eigenvalue weighted by molar-refractivity contribution is 5.77. The maximum Gasteiger partial charge on any atom is 0.315 e. The van der Waals surface area contributed by atoms with Crippen LogP contribution in [0.3, 0.4) is 0 Å². The molecule has 5 nitrogen and oxygen atoms in total. The molecular formula is C20H29N3O2. The Morgan fingerprint density at radius 2 is 1.88 bits per heavy atom. The average Bonchev–Trinajstić information content (AvgIpc) is 2.60. The highest BCUT2D eigenvalue weighted by atomic mass is 16.2. The van der Waals surface area contributed by atoms with Crippen molar-refractivity contribution in [2.75, 3.05) is 19.6 Å². The van der Waals surface area contributed by atoms with Crippen LogP contribution in [0.5, 0.6) is 0 Å². The first kappa shape index (κ1) is 19.0. The van der Waals surface area contributed by atoms with Gasteiger partial charge in [-0.25, -0.2) is 4.79 Å². The summed E-state index contributed by atoms with van der Waals surface area (Å²) in [5, 5.41) is 5.84. The van der Waals surface area contributed by atoms with Gasteiger partial charge in [-0.2, -0.15) is 0 Å². The zero-order valence-corrected chi connectivity index (χ0v) is 15.2. The summed E-state index contributed by atoms with van der Waals surface area (Å²) >= 11 is 0. The van der Waals surface area contributed by atoms with E-state index >= 15 is 0 Å². The summed E-state index contributed by atoms with van der Waals surface area (Å²) in [5.74, 6) is 0.613. The molecule has 136 valence electrons. The lowest BCUT2D eigenvalue weighted by Gasteiger charge is -2.32. The predicted molar refractivity (Wildman–Crippen MR) is 101 cm³/mol. The fourth-order valence-corrected chi connectivity index (χ4v) is 2.90. The molecule has 0 atom stereocenters. The van der Waals surface area contributed by atoms with Crippen LogP contribution in [0.1, 0.15) is 38.7 Å². The van der Waals surface area contributed by atoms with Gasteiger partial charge in [0.1, 0.15) is 0 Å². The molecule has 1 heterocycles. The van der Waals surface area contributed by atoms with Gasteiger partial charge in [0.25, 0.3) is 0 Å². The summed E-state index contributed by atoms with van der Waals surface area (Å²) in [4.78, 5) is 25.9. The molecule has 25 heavy (non-hydrogen) atoms. The zero-order chi connectivity index (χ0) is 18.1. The van der Waals surface area contributed by atoms with Gasteiger partial charge in [-0.1, -0.05) is 56.3 Å². The lowest BCUT2D eigenvalue weighted by atomic mass is 10.0. The summed E-state index contributed by atoms with van der Waals surface area (Å²) in [6.07, 6.45) is 6.15. The molecule has 0 unspecified atom stereocenters. The monoisotopic (exact) mass is 343 g/mol. The van der Waals surface area contributed by atoms with Crippen LogP contribution in [0.15, 0.2) is 36.4 Å². The van der Waals surface area contributed by atoms with Crippen LogP contribution in [0.4, 0.5) is 4.79 Å². The summed E-state index contributed by atoms with van der Waals surface area (Å²) in [6, 6.07) is 9.97. The Morgan fingerprint density at radius 3 is 2.52 bits per heavy atom. The van der Waals surface area contributed by atoms with Gasteiger partial charge in [0.15, 0.2) is 0 Å². The molecule has 0 aliphatic carbocycles. The molecule has 1 aliphatic heterocycles. The molecule has 2 rings (SSSR count). The SMILES string of the molecule is CC(C)CC(=O)N1CCC(NC(=O)NCC=Cc2ccccc2)CC1. The van der Waals surface area contributed by atoms with E-state index in [1.54, 1.807) is 0 Å². The van der Waals surface area contributed by atoms with E-state index in [2.05, 4.69) is 24.5 Å². The fourth-order valence-electron chi connectivity index (χ4n) is 2.90. The van der Waals surface area contributed by atoms with Gasteiger partial charge in [0, 0.05) is 32.1 Å². The molecule has 1 aromatic rings. The second-order valence-electron chi connectivity index (χ2n) is 6.92. The Hall–Kier alpha value is -2.30. The second kappa shape index (κ2) is 9.87. The summed E-state index contributed by atoms with van der Waals surface area (Å²) in [6.45, 7) is 6.06. The van der Waals surface area contributed by atoms with E-state index in [9.17, 15) is 9.59 Å². The predicted octanol–water partition coefficient (Wildman–Crippen LogP) is 3.04. The van der Waals surface area contributed by atoms with Gasteiger partial charge in [-0.15, -0.1) is 0 Å². The Bertz CT molecular complexity index is 576. The van der Waals surface area contributed by atoms with Crippen molar-refractivity contribution in [1.82, 2.24) is 15.5 Å². The van der Waals surface area contributed by atoms with Crippen molar-refractivity contribution in [3.8, 4) is 0 Å². The highest BCUT2D eigenvalue weighted by Gasteiger charge is 2.23. The first-order chi connectivity index (χ1) is 12.0. The van der Waals surface area contributed by atoms with E-state index in [0.29, 0.717) is 18.9 Å². The minimum atomic E-state index is -0.148. The molecule has 5 heteroatoms. The van der Waals surface area contributed by atoms with Crippen LogP contribution in [-0.2, 0) is 4.79 Å². The van der Waals surface area contributed by atoms with Crippen LogP contribution in [0, 0.1) is 5.92 Å². The number of amides is 3. The van der Waals surface area contributed by atoms with Crippen molar-refractivity contribution in [3.05, 3.63) is 42.0 Å². The summed E-state index contributed by atoms with van der Waals surface area (Å²) in [5.41, 5.74) is 1.11. The third-order valence-electron chi connectivity index (χ3n) is 4.26. The zero-order valence-electron chi connectivity index (χ0n) is 15.2. The average molecular weight is 343 g/mol. The van der Waals surface area contributed by atoms with Crippen LogP contribution in [0.2, 0.25) is 0 Å². The molecule has 0 aromatic heterocycles. The van der Waals surface area contributed by atoms with E-state index in [0.717, 1.165) is 31.5 Å². The van der Waals surface area contributed by atoms with Gasteiger partial charge in [-0.3, -0.25) is 4.79 Å². The standard InChI is InChI=1S/C20H29N3O2/c1-16(2)15-19(24)23-13-10-18(11-14-23)22-20(25)21-12-6-9-17-7-4-3-5-8-17/h3-9,16,18H,10-15H2,1-2H3,(H2,21,22,25). The van der Waals surface area contributed by atoms with Gasteiger partial charge in [0.05, 0.1) is 0 Å². The molecule has 2 N–H and O–H groups in total. The molecule has 1 saturated heterocycles. The van der Waals surface area contributed by atoms with Gasteiger partial charge in [0.2, 0.25) is 5.91 Å². The topological polar surface area (TPSA) is 61.4 Å². The molecule has 0 spiro atoms. The summed E-state index contributed by atoms with van der Waals surface area (Å²) in [7, 11) is 0. The second-order valence-corrected chi connectivity index (χ2v) is 6.92. The number of nitrogens with one attached hydrogen (secondary N) is 2. The van der Waals surface area contributed by atoms with Crippen LogP contribution in [0.25, 0.3) is 6.08 Å². The van der Waals surface area contributed by atoms with Gasteiger partial charge < -0.3 is 15.5 Å². The molecule has 0 bridgehead atoms. The number of urea groups is 1. The quantitative estimate of drug-likeness (QED) is 0.834. The van der Waals surface area contributed by atoms with Crippen molar-refractivity contribution in [2.24, 2.45) is 5.92 Å². The minimum absolute atomic E-state index is 0.140. The molecule has 0 radical (unpaired) electrons. The summed E-state index contributed by atoms with van der Waals surface area (Å²) < 4.78 is 0. The van der Waals surface area contributed by atoms with E-state index < -0.39 is 0 Å². The number of likely N-dealkylation sites (tertiary alicyclic amines) is 1. The number of carbonyl (C=O) groups is 2. The van der Waals surface area contributed by atoms with Crippen molar-refractivity contribution in [1.29, 1.82) is 0 Å². The van der Waals surface area contributed by atoms with Gasteiger partial charge >= 0.3 is 6.03 Å². The molecule has 1 aliphatic rings. The van der Waals surface area contributed by atoms with Crippen molar-refractivity contribution in [2.45, 2.75) is 39.2 Å². The third-order valence-corrected chi connectivity index (χ3v) is 4.26. The van der Waals surface area contributed by atoms with Gasteiger partial charge in [-0.05, 0) is 24.3 Å². The van der Waals surface area contributed by atoms with Crippen molar-refractivity contribution < 1.29 is 9.59 Å². The Balaban J connectivity index is 1.63. The fraction of sp³-hybridized carbons (Fsp3) is 0.500. The smallest absolute Gasteiger partial charge is 0.315 e. The highest BCUT2D eigenvalue weighted by Crippen LogP contribution is 2.13. The number of hydrogen-bond donors (Lipinski definition) is 2. The lowest BCUT2D eigenvalue weighted by Crippen LogP contribution is -2.49. The van der Waals surface area contributed by atoms with E-state index in [1.807, 2.05) is 47.4 Å². The third kappa shape index (κ3) is 6.99. The minimum Gasteiger partial charge on any atom is -0.343 e. The van der Waals surface area contributed by atoms with Crippen molar-refractivity contribution >= 4 is 18.0 Å². The number of hydrogen-bond acceptors (Lipinski definition) is 2. The molecule has 3 amide bonds. The number of benzene rings is 1. The van der Waals surface area contributed by atoms with Crippen LogP contribution in [-0.4, -0.2) is 42.5 Å². The van der Waals surface area contributed by atoms with Crippen molar-refractivity contribution in [3.63, 3.8) is 0 Å². The largest absolute Gasteiger partial charge is 0.343 e. The molecular weight excluding hydrogens is 314 g/mol. The molecule has 1 aromatic carbocycles. The Morgan fingerprint density at radius 1 is 1.20 bits per heavy atom. The van der Waals surface area contributed by atoms with Crippen LogP contribution < -0.4 is 10.6 Å². The number of piperidine rings is 1. The Kier molecular flexibility index (Phi) is 7.51. The molecule has 1 fully saturated rings. The number of nitrogens with zero attached hydrogens (tertiary/aromatic N) is 1. The van der Waals surface area contributed by atoms with E-state index in [1.165, 1.54) is 0 Å². The van der Waals surface area contributed by atoms with E-state index in [4.69, 9.17) is 0 Å². The number of carbonyl (C=O) groups excluding carboxylic acids is 2. The first-order valence-electron chi connectivity index (χ1n) is 9.08. The normalized spacial score (nSPS) is 15.6. The maximum absolute atomic E-state index is 12.0. The van der Waals surface area contributed by atoms with Crippen LogP contribution >= 0.6 is 0 Å². The Labute approximate surface area is 150 Å². The molecule has 0 saturated carbocycles.